The number of rotatable bonds is 4. The van der Waals surface area contributed by atoms with Crippen molar-refractivity contribution in [2.24, 2.45) is 0 Å². The Balaban J connectivity index is 1.46. The van der Waals surface area contributed by atoms with E-state index < -0.39 is 0 Å². The molecule has 1 N–H and O–H groups in total. The molecule has 4 aliphatic heterocycles. The summed E-state index contributed by atoms with van der Waals surface area (Å²) in [4.78, 5) is 4.83. The zero-order chi connectivity index (χ0) is 32.8. The van der Waals surface area contributed by atoms with E-state index in [2.05, 4.69) is 98.4 Å². The lowest BCUT2D eigenvalue weighted by molar-refractivity contribution is 0.219. The minimum atomic E-state index is -0.138. The van der Waals surface area contributed by atoms with Crippen molar-refractivity contribution in [2.75, 3.05) is 41.4 Å². The first-order valence-electron chi connectivity index (χ1n) is 16.8. The second-order valence-corrected chi connectivity index (χ2v) is 13.6. The maximum Gasteiger partial charge on any atom is 0.174 e. The minimum Gasteiger partial charge on any atom is -0.493 e. The van der Waals surface area contributed by atoms with Gasteiger partial charge in [0.2, 0.25) is 0 Å². The van der Waals surface area contributed by atoms with Crippen LogP contribution in [0.25, 0.3) is 0 Å². The molecular formula is C40H46N2O5. The lowest BCUT2D eigenvalue weighted by Gasteiger charge is -2.37. The molecule has 0 saturated carbocycles. The van der Waals surface area contributed by atoms with E-state index in [1.165, 1.54) is 33.4 Å². The molecule has 0 saturated heterocycles. The largest absolute Gasteiger partial charge is 0.493 e. The smallest absolute Gasteiger partial charge is 0.174 e. The van der Waals surface area contributed by atoms with Crippen LogP contribution in [0.1, 0.15) is 76.4 Å². The molecule has 4 aromatic rings. The number of methoxy groups -OCH3 is 2. The number of hydrogen-bond donors (Lipinski definition) is 1. The third kappa shape index (κ3) is 5.86. The molecule has 47 heavy (non-hydrogen) atoms. The van der Waals surface area contributed by atoms with Gasteiger partial charge in [0.05, 0.1) is 20.8 Å². The van der Waals surface area contributed by atoms with Gasteiger partial charge in [0.1, 0.15) is 11.5 Å². The number of hydrogen-bond acceptors (Lipinski definition) is 7. The van der Waals surface area contributed by atoms with Gasteiger partial charge in [-0.3, -0.25) is 9.80 Å². The van der Waals surface area contributed by atoms with Gasteiger partial charge in [-0.15, -0.1) is 0 Å². The predicted octanol–water partition coefficient (Wildman–Crippen LogP) is 7.76. The van der Waals surface area contributed by atoms with E-state index in [1.807, 2.05) is 0 Å². The second kappa shape index (κ2) is 12.9. The molecule has 4 aliphatic rings. The van der Waals surface area contributed by atoms with Crippen LogP contribution in [0.3, 0.4) is 0 Å². The van der Waals surface area contributed by atoms with E-state index in [9.17, 15) is 5.11 Å². The molecule has 0 amide bonds. The Morgan fingerprint density at radius 3 is 2.19 bits per heavy atom. The standard InChI is InChI=1S/C40H46N2O5/c1-24(2)31-12-9-26-18-33-32-22-37(36(44-5)21-27(32)13-15-41(33)3)47-40-38-28(20-29(23-43)39(40)45-6)14-16-42(4)34(38)17-25-7-10-30(11-8-25)46-35(31)19-26/h7-12,19-22,24,33-34,43H,13-18,23H2,1-6H3/t33-,34+/m1/s1. The number of aliphatic hydroxyl groups excluding tert-OH is 1. The topological polar surface area (TPSA) is 63.6 Å². The van der Waals surface area contributed by atoms with E-state index >= 15 is 0 Å². The average molecular weight is 635 g/mol. The second-order valence-electron chi connectivity index (χ2n) is 13.6. The summed E-state index contributed by atoms with van der Waals surface area (Å²) in [5.41, 5.74) is 9.14. The monoisotopic (exact) mass is 634 g/mol. The number of fused-ring (bicyclic) bond motifs is 2. The van der Waals surface area contributed by atoms with Crippen LogP contribution in [0, 0.1) is 0 Å². The van der Waals surface area contributed by atoms with Gasteiger partial charge < -0.3 is 24.1 Å². The van der Waals surface area contributed by atoms with Crippen LogP contribution in [0.15, 0.2) is 60.7 Å². The molecule has 4 aromatic carbocycles. The Kier molecular flexibility index (Phi) is 8.64. The molecular weight excluding hydrogens is 588 g/mol. The summed E-state index contributed by atoms with van der Waals surface area (Å²) in [7, 11) is 7.73. The van der Waals surface area contributed by atoms with Crippen molar-refractivity contribution >= 4 is 0 Å². The fraction of sp³-hybridized carbons (Fsp3) is 0.400. The van der Waals surface area contributed by atoms with E-state index in [4.69, 9.17) is 18.9 Å². The Morgan fingerprint density at radius 2 is 1.49 bits per heavy atom. The summed E-state index contributed by atoms with van der Waals surface area (Å²) in [6.45, 7) is 6.15. The normalized spacial score (nSPS) is 19.3. The van der Waals surface area contributed by atoms with Gasteiger partial charge in [0, 0.05) is 36.3 Å². The predicted molar refractivity (Wildman–Crippen MR) is 185 cm³/mol. The Morgan fingerprint density at radius 1 is 0.787 bits per heavy atom. The lowest BCUT2D eigenvalue weighted by atomic mass is 9.86. The average Bonchev–Trinajstić information content (AvgIpc) is 3.07. The van der Waals surface area contributed by atoms with Crippen LogP contribution in [0.4, 0.5) is 0 Å². The van der Waals surface area contributed by atoms with Gasteiger partial charge in [0.15, 0.2) is 23.0 Å². The highest BCUT2D eigenvalue weighted by Gasteiger charge is 2.34. The van der Waals surface area contributed by atoms with Gasteiger partial charge in [-0.2, -0.15) is 0 Å². The summed E-state index contributed by atoms with van der Waals surface area (Å²) in [5.74, 6) is 4.65. The van der Waals surface area contributed by atoms with Gasteiger partial charge in [-0.1, -0.05) is 38.1 Å². The van der Waals surface area contributed by atoms with E-state index in [1.54, 1.807) is 14.2 Å². The number of nitrogens with zero attached hydrogens (tertiary/aromatic N) is 2. The molecule has 0 fully saturated rings. The number of ether oxygens (including phenoxy) is 4. The summed E-state index contributed by atoms with van der Waals surface area (Å²) in [5, 5.41) is 10.4. The number of aliphatic hydroxyl groups is 1. The lowest BCUT2D eigenvalue weighted by Crippen LogP contribution is -2.34. The molecule has 8 rings (SSSR count). The van der Waals surface area contributed by atoms with Crippen LogP contribution >= 0.6 is 0 Å². The van der Waals surface area contributed by atoms with Gasteiger partial charge in [0.25, 0.3) is 0 Å². The first kappa shape index (κ1) is 31.6. The summed E-state index contributed by atoms with van der Waals surface area (Å²) in [6.07, 6.45) is 3.39. The van der Waals surface area contributed by atoms with E-state index in [-0.39, 0.29) is 18.7 Å². The molecule has 0 spiro atoms. The zero-order valence-corrected chi connectivity index (χ0v) is 28.4. The van der Waals surface area contributed by atoms with Crippen molar-refractivity contribution in [1.82, 2.24) is 9.80 Å². The summed E-state index contributed by atoms with van der Waals surface area (Å²) < 4.78 is 25.7. The number of likely N-dealkylation sites (N-methyl/N-ethyl adjacent to an activating group) is 2. The molecule has 0 radical (unpaired) electrons. The van der Waals surface area contributed by atoms with Gasteiger partial charge in [-0.05, 0) is 115 Å². The SMILES string of the molecule is COc1cc2c3cc1Oc1c(OC)c(CO)cc4c1[C@H](Cc1ccc(cc1)Oc1cc(ccc1C(C)C)C[C@H]3N(C)CC2)N(C)CC4. The molecule has 0 aliphatic carbocycles. The van der Waals surface area contributed by atoms with Crippen molar-refractivity contribution in [3.8, 4) is 34.5 Å². The van der Waals surface area contributed by atoms with Crippen LogP contribution in [-0.2, 0) is 32.3 Å². The highest BCUT2D eigenvalue weighted by molar-refractivity contribution is 5.61. The molecule has 6 bridgehead atoms. The molecule has 7 nitrogen and oxygen atoms in total. The van der Waals surface area contributed by atoms with Crippen LogP contribution < -0.4 is 18.9 Å². The molecule has 2 atom stereocenters. The molecule has 0 aromatic heterocycles. The van der Waals surface area contributed by atoms with Gasteiger partial charge >= 0.3 is 0 Å². The molecule has 7 heteroatoms. The summed E-state index contributed by atoms with van der Waals surface area (Å²) >= 11 is 0. The number of benzene rings is 4. The highest BCUT2D eigenvalue weighted by atomic mass is 16.5. The fourth-order valence-corrected chi connectivity index (χ4v) is 7.70. The highest BCUT2D eigenvalue weighted by Crippen LogP contribution is 2.50. The quantitative estimate of drug-likeness (QED) is 0.246. The van der Waals surface area contributed by atoms with E-state index in [0.29, 0.717) is 28.9 Å². The maximum absolute atomic E-state index is 10.4. The molecule has 246 valence electrons. The minimum absolute atomic E-state index is 0.0350. The van der Waals surface area contributed by atoms with Crippen LogP contribution in [0.2, 0.25) is 0 Å². The van der Waals surface area contributed by atoms with Crippen molar-refractivity contribution in [2.45, 2.75) is 64.1 Å². The fourth-order valence-electron chi connectivity index (χ4n) is 7.70. The third-order valence-electron chi connectivity index (χ3n) is 10.4. The Bertz CT molecular complexity index is 1780. The van der Waals surface area contributed by atoms with E-state index in [0.717, 1.165) is 61.4 Å². The van der Waals surface area contributed by atoms with Crippen LogP contribution in [0.5, 0.6) is 34.5 Å². The Labute approximate surface area is 278 Å². The zero-order valence-electron chi connectivity index (χ0n) is 28.4. The van der Waals surface area contributed by atoms with Crippen molar-refractivity contribution in [3.63, 3.8) is 0 Å². The summed E-state index contributed by atoms with van der Waals surface area (Å²) in [6, 6.07) is 21.8. The van der Waals surface area contributed by atoms with Crippen LogP contribution in [-0.4, -0.2) is 56.3 Å². The molecule has 0 unspecified atom stereocenters. The maximum atomic E-state index is 10.4. The third-order valence-corrected chi connectivity index (χ3v) is 10.4. The van der Waals surface area contributed by atoms with Crippen molar-refractivity contribution in [1.29, 1.82) is 0 Å². The van der Waals surface area contributed by atoms with Crippen molar-refractivity contribution in [3.05, 3.63) is 105 Å². The first-order valence-corrected chi connectivity index (χ1v) is 16.8. The Hall–Kier alpha value is -4.04. The van der Waals surface area contributed by atoms with Crippen molar-refractivity contribution < 1.29 is 24.1 Å². The van der Waals surface area contributed by atoms with Gasteiger partial charge in [-0.25, -0.2) is 0 Å². The molecule has 4 heterocycles. The first-order chi connectivity index (χ1) is 22.8.